The Morgan fingerprint density at radius 1 is 0.906 bits per heavy atom. The average Bonchev–Trinajstić information content (AvgIpc) is 3.22. The van der Waals surface area contributed by atoms with Gasteiger partial charge in [-0.15, -0.1) is 0 Å². The lowest BCUT2D eigenvalue weighted by molar-refractivity contribution is 0.0977. The molecule has 0 bridgehead atoms. The first-order chi connectivity index (χ1) is 15.5. The first-order valence-electron chi connectivity index (χ1n) is 9.83. The van der Waals surface area contributed by atoms with Crippen molar-refractivity contribution < 1.29 is 13.6 Å². The number of aromatic nitrogens is 1. The maximum atomic E-state index is 13.0. The molecule has 0 aliphatic rings. The third-order valence-electron chi connectivity index (χ3n) is 4.98. The van der Waals surface area contributed by atoms with Gasteiger partial charge in [-0.25, -0.2) is 9.37 Å². The molecule has 0 saturated carbocycles. The SMILES string of the molecule is O=C(NC(=S)Nc1ccc2oc(-c3ccc4ccccc4c3)nc2c1)c1ccc(F)cc1. The van der Waals surface area contributed by atoms with Crippen LogP contribution in [0.5, 0.6) is 0 Å². The van der Waals surface area contributed by atoms with E-state index in [4.69, 9.17) is 16.6 Å². The van der Waals surface area contributed by atoms with E-state index in [-0.39, 0.29) is 5.11 Å². The van der Waals surface area contributed by atoms with Gasteiger partial charge < -0.3 is 9.73 Å². The minimum Gasteiger partial charge on any atom is -0.436 e. The van der Waals surface area contributed by atoms with E-state index in [0.717, 1.165) is 16.3 Å². The van der Waals surface area contributed by atoms with Crippen molar-refractivity contribution in [3.63, 3.8) is 0 Å². The van der Waals surface area contributed by atoms with Gasteiger partial charge in [0.1, 0.15) is 11.3 Å². The Labute approximate surface area is 187 Å². The summed E-state index contributed by atoms with van der Waals surface area (Å²) >= 11 is 5.23. The van der Waals surface area contributed by atoms with Gasteiger partial charge in [0.2, 0.25) is 5.89 Å². The predicted molar refractivity (Wildman–Crippen MR) is 127 cm³/mol. The van der Waals surface area contributed by atoms with E-state index >= 15 is 0 Å². The molecule has 0 radical (unpaired) electrons. The number of carbonyl (C=O) groups excluding carboxylic acids is 1. The minimum atomic E-state index is -0.427. The number of oxazole rings is 1. The van der Waals surface area contributed by atoms with Gasteiger partial charge >= 0.3 is 0 Å². The lowest BCUT2D eigenvalue weighted by atomic mass is 10.1. The maximum absolute atomic E-state index is 13.0. The van der Waals surface area contributed by atoms with Crippen LogP contribution in [0, 0.1) is 5.82 Å². The van der Waals surface area contributed by atoms with E-state index in [2.05, 4.69) is 21.7 Å². The Balaban J connectivity index is 1.33. The second-order valence-corrected chi connectivity index (χ2v) is 7.59. The predicted octanol–water partition coefficient (Wildman–Crippen LogP) is 5.91. The van der Waals surface area contributed by atoms with E-state index < -0.39 is 11.7 Å². The van der Waals surface area contributed by atoms with Gasteiger partial charge in [-0.1, -0.05) is 30.3 Å². The number of benzene rings is 4. The second-order valence-electron chi connectivity index (χ2n) is 7.18. The van der Waals surface area contributed by atoms with E-state index in [1.807, 2.05) is 36.4 Å². The summed E-state index contributed by atoms with van der Waals surface area (Å²) in [5.41, 5.74) is 3.14. The lowest BCUT2D eigenvalue weighted by Crippen LogP contribution is -2.34. The number of fused-ring (bicyclic) bond motifs is 2. The van der Waals surface area contributed by atoms with Crippen LogP contribution in [-0.4, -0.2) is 16.0 Å². The highest BCUT2D eigenvalue weighted by molar-refractivity contribution is 7.80. The highest BCUT2D eigenvalue weighted by Crippen LogP contribution is 2.28. The Bertz CT molecular complexity index is 1480. The van der Waals surface area contributed by atoms with Crippen LogP contribution in [0.15, 0.2) is 89.3 Å². The fraction of sp³-hybridized carbons (Fsp3) is 0. The van der Waals surface area contributed by atoms with Gasteiger partial charge in [-0.2, -0.15) is 0 Å². The summed E-state index contributed by atoms with van der Waals surface area (Å²) in [5.74, 6) is -0.315. The van der Waals surface area contributed by atoms with Gasteiger partial charge in [-0.3, -0.25) is 10.1 Å². The van der Waals surface area contributed by atoms with E-state index in [1.165, 1.54) is 24.3 Å². The summed E-state index contributed by atoms with van der Waals surface area (Å²) in [6.07, 6.45) is 0. The van der Waals surface area contributed by atoms with Gasteiger partial charge in [0, 0.05) is 16.8 Å². The van der Waals surface area contributed by atoms with Crippen molar-refractivity contribution in [3.8, 4) is 11.5 Å². The monoisotopic (exact) mass is 441 g/mol. The topological polar surface area (TPSA) is 67.2 Å². The van der Waals surface area contributed by atoms with Crippen LogP contribution >= 0.6 is 12.2 Å². The fourth-order valence-corrected chi connectivity index (χ4v) is 3.60. The third kappa shape index (κ3) is 4.06. The molecule has 0 aliphatic carbocycles. The number of nitrogens with one attached hydrogen (secondary N) is 2. The van der Waals surface area contributed by atoms with Crippen LogP contribution in [0.2, 0.25) is 0 Å². The number of halogens is 1. The molecule has 1 aromatic heterocycles. The molecule has 0 saturated heterocycles. The summed E-state index contributed by atoms with van der Waals surface area (Å²) in [6.45, 7) is 0. The van der Waals surface area contributed by atoms with Gasteiger partial charge in [0.15, 0.2) is 10.7 Å². The molecule has 0 aliphatic heterocycles. The highest BCUT2D eigenvalue weighted by atomic mass is 32.1. The molecule has 0 spiro atoms. The molecule has 2 N–H and O–H groups in total. The number of rotatable bonds is 3. The molecule has 4 aromatic carbocycles. The van der Waals surface area contributed by atoms with Crippen LogP contribution in [0.4, 0.5) is 10.1 Å². The van der Waals surface area contributed by atoms with Crippen molar-refractivity contribution in [1.29, 1.82) is 0 Å². The third-order valence-corrected chi connectivity index (χ3v) is 5.18. The number of hydrogen-bond acceptors (Lipinski definition) is 4. The molecule has 1 amide bonds. The molecule has 32 heavy (non-hydrogen) atoms. The van der Waals surface area contributed by atoms with Crippen LogP contribution in [0.1, 0.15) is 10.4 Å². The highest BCUT2D eigenvalue weighted by Gasteiger charge is 2.12. The summed E-state index contributed by atoms with van der Waals surface area (Å²) < 4.78 is 18.9. The second kappa shape index (κ2) is 8.20. The maximum Gasteiger partial charge on any atom is 0.257 e. The Morgan fingerprint density at radius 2 is 1.69 bits per heavy atom. The lowest BCUT2D eigenvalue weighted by Gasteiger charge is -2.09. The number of anilines is 1. The zero-order valence-electron chi connectivity index (χ0n) is 16.6. The largest absolute Gasteiger partial charge is 0.436 e. The normalized spacial score (nSPS) is 10.9. The summed E-state index contributed by atoms with van der Waals surface area (Å²) in [6, 6.07) is 24.7. The van der Waals surface area contributed by atoms with Crippen LogP contribution in [-0.2, 0) is 0 Å². The Kier molecular flexibility index (Phi) is 5.09. The minimum absolute atomic E-state index is 0.122. The fourth-order valence-electron chi connectivity index (χ4n) is 3.39. The number of thiocarbonyl (C=S) groups is 1. The molecule has 0 fully saturated rings. The zero-order valence-corrected chi connectivity index (χ0v) is 17.4. The molecule has 5 nitrogen and oxygen atoms in total. The Morgan fingerprint density at radius 3 is 2.50 bits per heavy atom. The molecule has 0 atom stereocenters. The number of nitrogens with zero attached hydrogens (tertiary/aromatic N) is 1. The van der Waals surface area contributed by atoms with E-state index in [0.29, 0.717) is 28.2 Å². The number of carbonyl (C=O) groups is 1. The van der Waals surface area contributed by atoms with Crippen molar-refractivity contribution in [2.45, 2.75) is 0 Å². The molecular formula is C25H16FN3O2S. The number of amides is 1. The van der Waals surface area contributed by atoms with Crippen molar-refractivity contribution in [2.24, 2.45) is 0 Å². The van der Waals surface area contributed by atoms with Crippen LogP contribution < -0.4 is 10.6 Å². The molecule has 5 aromatic rings. The summed E-state index contributed by atoms with van der Waals surface area (Å²) in [7, 11) is 0. The van der Waals surface area contributed by atoms with Crippen LogP contribution in [0.25, 0.3) is 33.3 Å². The van der Waals surface area contributed by atoms with Crippen molar-refractivity contribution in [3.05, 3.63) is 96.3 Å². The summed E-state index contributed by atoms with van der Waals surface area (Å²) in [5, 5.41) is 7.92. The van der Waals surface area contributed by atoms with Gasteiger partial charge in [0.25, 0.3) is 5.91 Å². The average molecular weight is 441 g/mol. The first kappa shape index (κ1) is 19.8. The zero-order chi connectivity index (χ0) is 22.1. The van der Waals surface area contributed by atoms with Gasteiger partial charge in [0.05, 0.1) is 0 Å². The molecule has 7 heteroatoms. The quantitative estimate of drug-likeness (QED) is 0.341. The molecule has 156 valence electrons. The smallest absolute Gasteiger partial charge is 0.257 e. The first-order valence-corrected chi connectivity index (χ1v) is 10.2. The van der Waals surface area contributed by atoms with Crippen molar-refractivity contribution in [2.75, 3.05) is 5.32 Å². The number of hydrogen-bond donors (Lipinski definition) is 2. The standard InChI is InChI=1S/C25H16FN3O2S/c26-19-9-7-16(8-10-19)23(30)29-25(32)27-20-11-12-22-21(14-20)28-24(31-22)18-6-5-15-3-1-2-4-17(15)13-18/h1-14H,(H2,27,29,30,32). The Hall–Kier alpha value is -4.10. The van der Waals surface area contributed by atoms with Crippen LogP contribution in [0.3, 0.4) is 0 Å². The molecule has 1 heterocycles. The molecule has 5 rings (SSSR count). The van der Waals surface area contributed by atoms with E-state index in [1.54, 1.807) is 18.2 Å². The van der Waals surface area contributed by atoms with E-state index in [9.17, 15) is 9.18 Å². The van der Waals surface area contributed by atoms with Gasteiger partial charge in [-0.05, 0) is 77.6 Å². The molecular weight excluding hydrogens is 425 g/mol. The van der Waals surface area contributed by atoms with Crippen molar-refractivity contribution in [1.82, 2.24) is 10.3 Å². The van der Waals surface area contributed by atoms with Crippen molar-refractivity contribution >= 4 is 50.8 Å². The molecule has 0 unspecified atom stereocenters. The summed E-state index contributed by atoms with van der Waals surface area (Å²) in [4.78, 5) is 16.8.